The summed E-state index contributed by atoms with van der Waals surface area (Å²) in [6, 6.07) is 19.5. The van der Waals surface area contributed by atoms with E-state index in [1.54, 1.807) is 24.1 Å². The van der Waals surface area contributed by atoms with Crippen LogP contribution in [0.1, 0.15) is 18.2 Å². The van der Waals surface area contributed by atoms with Crippen molar-refractivity contribution >= 4 is 28.3 Å². The Kier molecular flexibility index (Phi) is 7.30. The molecule has 0 bridgehead atoms. The molecule has 1 fully saturated rings. The van der Waals surface area contributed by atoms with E-state index < -0.39 is 0 Å². The highest BCUT2D eigenvalue weighted by Gasteiger charge is 2.22. The number of aromatic amines is 1. The number of benzene rings is 2. The molecule has 3 aromatic heterocycles. The number of H-pyrrole nitrogens is 1. The molecule has 5 aromatic rings. The molecule has 1 amide bonds. The van der Waals surface area contributed by atoms with Crippen molar-refractivity contribution in [2.75, 3.05) is 36.9 Å². The molecule has 1 aliphatic rings. The summed E-state index contributed by atoms with van der Waals surface area (Å²) in [5, 5.41) is 17.9. The van der Waals surface area contributed by atoms with E-state index in [0.29, 0.717) is 17.4 Å². The Bertz CT molecular complexity index is 1890. The van der Waals surface area contributed by atoms with Gasteiger partial charge in [0, 0.05) is 72.4 Å². The molecule has 0 unspecified atom stereocenters. The van der Waals surface area contributed by atoms with E-state index in [2.05, 4.69) is 88.2 Å². The summed E-state index contributed by atoms with van der Waals surface area (Å²) in [7, 11) is 3.93. The van der Waals surface area contributed by atoms with Crippen LogP contribution < -0.4 is 10.2 Å². The SMILES string of the molecule is C=CC(=O)Nc1cc(-c2c(-c3ccc(N4CCN(C)[C@@H](C)C4)cc3)[nH]c3ncc(-c4cnn(C)c4C#N)cc23)ccc1C. The second-order valence-electron chi connectivity index (χ2n) is 11.2. The van der Waals surface area contributed by atoms with E-state index in [9.17, 15) is 10.1 Å². The van der Waals surface area contributed by atoms with Crippen LogP contribution in [0.3, 0.4) is 0 Å². The third kappa shape index (κ3) is 5.17. The second-order valence-corrected chi connectivity index (χ2v) is 11.2. The third-order valence-electron chi connectivity index (χ3n) is 8.46. The van der Waals surface area contributed by atoms with Crippen molar-refractivity contribution in [2.24, 2.45) is 7.05 Å². The number of piperazine rings is 1. The van der Waals surface area contributed by atoms with Gasteiger partial charge in [-0.3, -0.25) is 9.48 Å². The predicted molar refractivity (Wildman–Crippen MR) is 172 cm³/mol. The van der Waals surface area contributed by atoms with Crippen molar-refractivity contribution in [1.82, 2.24) is 24.6 Å². The van der Waals surface area contributed by atoms with E-state index in [1.165, 1.54) is 11.8 Å². The number of anilines is 2. The Morgan fingerprint density at radius 2 is 1.86 bits per heavy atom. The van der Waals surface area contributed by atoms with E-state index in [4.69, 9.17) is 4.98 Å². The number of nitrogens with one attached hydrogen (secondary N) is 2. The Morgan fingerprint density at radius 1 is 1.09 bits per heavy atom. The third-order valence-corrected chi connectivity index (χ3v) is 8.46. The number of nitrogens with zero attached hydrogens (tertiary/aromatic N) is 6. The zero-order valence-electron chi connectivity index (χ0n) is 24.8. The fourth-order valence-corrected chi connectivity index (χ4v) is 5.73. The van der Waals surface area contributed by atoms with Gasteiger partial charge in [0.2, 0.25) is 5.91 Å². The van der Waals surface area contributed by atoms with Crippen LogP contribution in [0.15, 0.2) is 73.6 Å². The fraction of sp³-hybridized carbons (Fsp3) is 0.235. The van der Waals surface area contributed by atoms with Gasteiger partial charge in [-0.15, -0.1) is 0 Å². The summed E-state index contributed by atoms with van der Waals surface area (Å²) < 4.78 is 1.57. The molecule has 0 saturated carbocycles. The normalized spacial score (nSPS) is 15.4. The minimum absolute atomic E-state index is 0.266. The maximum absolute atomic E-state index is 12.2. The number of hydrogen-bond donors (Lipinski definition) is 2. The Labute approximate surface area is 251 Å². The van der Waals surface area contributed by atoms with Crippen LogP contribution in [0.25, 0.3) is 44.5 Å². The number of pyridine rings is 1. The standard InChI is InChI=1S/C34H34N8O/c1-6-31(43)38-29-16-24(8-7-21(29)2)32-27-15-25(28-19-37-41(5)30(28)17-35)18-36-34(27)39-33(32)23-9-11-26(12-10-23)42-14-13-40(4)22(3)20-42/h6-12,15-16,18-19,22H,1,13-14,20H2,2-5H3,(H,36,39)(H,38,43)/t22-/m0/s1. The van der Waals surface area contributed by atoms with Crippen LogP contribution in [0, 0.1) is 18.3 Å². The van der Waals surface area contributed by atoms with Gasteiger partial charge in [0.25, 0.3) is 0 Å². The molecule has 43 heavy (non-hydrogen) atoms. The summed E-state index contributed by atoms with van der Waals surface area (Å²) in [4.78, 5) is 25.4. The predicted octanol–water partition coefficient (Wildman–Crippen LogP) is 5.74. The first kappa shape index (κ1) is 27.9. The smallest absolute Gasteiger partial charge is 0.247 e. The molecule has 0 spiro atoms. The lowest BCUT2D eigenvalue weighted by molar-refractivity contribution is -0.111. The van der Waals surface area contributed by atoms with E-state index in [0.717, 1.165) is 69.7 Å². The number of carbonyl (C=O) groups is 1. The molecule has 6 rings (SSSR count). The zero-order valence-corrected chi connectivity index (χ0v) is 24.8. The summed E-state index contributed by atoms with van der Waals surface area (Å²) >= 11 is 0. The van der Waals surface area contributed by atoms with E-state index in [-0.39, 0.29) is 5.91 Å². The Morgan fingerprint density at radius 3 is 2.58 bits per heavy atom. The fourth-order valence-electron chi connectivity index (χ4n) is 5.73. The summed E-state index contributed by atoms with van der Waals surface area (Å²) in [6.45, 7) is 10.8. The first-order valence-corrected chi connectivity index (χ1v) is 14.3. The number of fused-ring (bicyclic) bond motifs is 1. The largest absolute Gasteiger partial charge is 0.369 e. The van der Waals surface area contributed by atoms with Gasteiger partial charge in [0.05, 0.1) is 11.9 Å². The second kappa shape index (κ2) is 11.2. The lowest BCUT2D eigenvalue weighted by Gasteiger charge is -2.39. The molecule has 1 atom stereocenters. The van der Waals surface area contributed by atoms with Crippen molar-refractivity contribution in [3.63, 3.8) is 0 Å². The first-order chi connectivity index (χ1) is 20.8. The van der Waals surface area contributed by atoms with Crippen LogP contribution in [0.2, 0.25) is 0 Å². The molecule has 9 nitrogen and oxygen atoms in total. The maximum atomic E-state index is 12.2. The Balaban J connectivity index is 1.50. The quantitative estimate of drug-likeness (QED) is 0.252. The Hall–Kier alpha value is -5.20. The molecule has 1 saturated heterocycles. The van der Waals surface area contributed by atoms with Gasteiger partial charge in [0.15, 0.2) is 0 Å². The molecule has 4 heterocycles. The van der Waals surface area contributed by atoms with Crippen molar-refractivity contribution in [1.29, 1.82) is 5.26 Å². The highest BCUT2D eigenvalue weighted by atomic mass is 16.1. The van der Waals surface area contributed by atoms with Crippen LogP contribution in [-0.2, 0) is 11.8 Å². The minimum Gasteiger partial charge on any atom is -0.369 e. The van der Waals surface area contributed by atoms with Crippen LogP contribution >= 0.6 is 0 Å². The van der Waals surface area contributed by atoms with Crippen LogP contribution in [-0.4, -0.2) is 63.3 Å². The number of amides is 1. The number of carbonyl (C=O) groups excluding carboxylic acids is 1. The molecule has 2 aromatic carbocycles. The molecule has 2 N–H and O–H groups in total. The summed E-state index contributed by atoms with van der Waals surface area (Å²) in [6.07, 6.45) is 4.73. The van der Waals surface area contributed by atoms with Gasteiger partial charge in [-0.1, -0.05) is 30.8 Å². The number of aromatic nitrogens is 4. The average molecular weight is 571 g/mol. The lowest BCUT2D eigenvalue weighted by atomic mass is 9.96. The van der Waals surface area contributed by atoms with E-state index in [1.807, 2.05) is 19.1 Å². The number of hydrogen-bond acceptors (Lipinski definition) is 6. The highest BCUT2D eigenvalue weighted by Crippen LogP contribution is 2.41. The van der Waals surface area contributed by atoms with Gasteiger partial charge in [-0.25, -0.2) is 4.98 Å². The lowest BCUT2D eigenvalue weighted by Crippen LogP contribution is -2.50. The molecule has 0 radical (unpaired) electrons. The number of nitriles is 1. The van der Waals surface area contributed by atoms with Gasteiger partial charge in [-0.05, 0) is 67.9 Å². The summed E-state index contributed by atoms with van der Waals surface area (Å²) in [5.41, 5.74) is 9.42. The molecule has 0 aliphatic carbocycles. The topological polar surface area (TPSA) is 106 Å². The average Bonchev–Trinajstić information content (AvgIpc) is 3.59. The van der Waals surface area contributed by atoms with Crippen LogP contribution in [0.4, 0.5) is 11.4 Å². The zero-order chi connectivity index (χ0) is 30.2. The number of aryl methyl sites for hydroxylation is 2. The van der Waals surface area contributed by atoms with Gasteiger partial charge >= 0.3 is 0 Å². The van der Waals surface area contributed by atoms with E-state index >= 15 is 0 Å². The van der Waals surface area contributed by atoms with Crippen molar-refractivity contribution in [3.8, 4) is 39.6 Å². The van der Waals surface area contributed by atoms with Gasteiger partial charge in [-0.2, -0.15) is 10.4 Å². The molecular formula is C34H34N8O. The van der Waals surface area contributed by atoms with Crippen molar-refractivity contribution in [3.05, 3.63) is 84.8 Å². The molecule has 9 heteroatoms. The van der Waals surface area contributed by atoms with Gasteiger partial charge < -0.3 is 20.1 Å². The van der Waals surface area contributed by atoms with Crippen molar-refractivity contribution in [2.45, 2.75) is 19.9 Å². The maximum Gasteiger partial charge on any atom is 0.247 e. The van der Waals surface area contributed by atoms with Gasteiger partial charge in [0.1, 0.15) is 17.4 Å². The van der Waals surface area contributed by atoms with Crippen LogP contribution in [0.5, 0.6) is 0 Å². The molecule has 1 aliphatic heterocycles. The van der Waals surface area contributed by atoms with Crippen molar-refractivity contribution < 1.29 is 4.79 Å². The molecular weight excluding hydrogens is 536 g/mol. The molecule has 216 valence electrons. The monoisotopic (exact) mass is 570 g/mol. The number of rotatable bonds is 6. The minimum atomic E-state index is -0.266. The summed E-state index contributed by atoms with van der Waals surface area (Å²) in [5.74, 6) is -0.266. The number of likely N-dealkylation sites (N-methyl/N-ethyl adjacent to an activating group) is 1. The highest BCUT2D eigenvalue weighted by molar-refractivity contribution is 6.05. The first-order valence-electron chi connectivity index (χ1n) is 14.3.